The van der Waals surface area contributed by atoms with Gasteiger partial charge in [0.25, 0.3) is 0 Å². The molecule has 0 saturated carbocycles. The molecule has 0 spiro atoms. The van der Waals surface area contributed by atoms with Crippen molar-refractivity contribution in [2.45, 2.75) is 0 Å². The first-order valence-corrected chi connectivity index (χ1v) is 5.91. The van der Waals surface area contributed by atoms with Gasteiger partial charge in [-0.1, -0.05) is 11.6 Å². The monoisotopic (exact) mass is 291 g/mol. The van der Waals surface area contributed by atoms with Crippen molar-refractivity contribution in [2.75, 3.05) is 0 Å². The Kier molecular flexibility index (Phi) is 3.86. The van der Waals surface area contributed by atoms with Gasteiger partial charge >= 0.3 is 5.69 Å². The average molecular weight is 292 g/mol. The Bertz CT molecular complexity index is 671. The highest BCUT2D eigenvalue weighted by Crippen LogP contribution is 2.33. The van der Waals surface area contributed by atoms with Crippen LogP contribution in [0.3, 0.4) is 0 Å². The maximum atomic E-state index is 10.9. The van der Waals surface area contributed by atoms with E-state index in [1.807, 2.05) is 0 Å². The van der Waals surface area contributed by atoms with Crippen molar-refractivity contribution < 1.29 is 9.66 Å². The fourth-order valence-electron chi connectivity index (χ4n) is 1.55. The Balaban J connectivity index is 2.31. The molecule has 2 rings (SSSR count). The van der Waals surface area contributed by atoms with E-state index in [0.717, 1.165) is 0 Å². The Morgan fingerprint density at radius 3 is 2.45 bits per heavy atom. The third-order valence-electron chi connectivity index (χ3n) is 2.51. The van der Waals surface area contributed by atoms with Gasteiger partial charge in [0.1, 0.15) is 11.6 Å². The number of rotatable bonds is 4. The summed E-state index contributed by atoms with van der Waals surface area (Å²) in [4.78, 5) is 10.4. The number of nitrogens with zero attached hydrogens (tertiary/aromatic N) is 1. The highest BCUT2D eigenvalue weighted by atomic mass is 35.5. The van der Waals surface area contributed by atoms with Crippen molar-refractivity contribution in [2.24, 2.45) is 5.73 Å². The molecule has 0 amide bonds. The van der Waals surface area contributed by atoms with E-state index in [9.17, 15) is 10.1 Å². The summed E-state index contributed by atoms with van der Waals surface area (Å²) >= 11 is 5.81. The predicted molar refractivity (Wildman–Crippen MR) is 75.6 cm³/mol. The third kappa shape index (κ3) is 3.04. The van der Waals surface area contributed by atoms with Crippen LogP contribution in [-0.2, 0) is 0 Å². The van der Waals surface area contributed by atoms with E-state index < -0.39 is 4.92 Å². The van der Waals surface area contributed by atoms with Crippen LogP contribution in [0.15, 0.2) is 42.5 Å². The van der Waals surface area contributed by atoms with Crippen LogP contribution in [0.2, 0.25) is 5.02 Å². The van der Waals surface area contributed by atoms with E-state index in [1.54, 1.807) is 24.3 Å². The molecule has 0 aromatic heterocycles. The van der Waals surface area contributed by atoms with E-state index in [4.69, 9.17) is 27.5 Å². The molecule has 0 unspecified atom stereocenters. The van der Waals surface area contributed by atoms with Gasteiger partial charge < -0.3 is 10.5 Å². The van der Waals surface area contributed by atoms with Gasteiger partial charge in [0.15, 0.2) is 0 Å². The van der Waals surface area contributed by atoms with Crippen LogP contribution in [0.1, 0.15) is 5.56 Å². The van der Waals surface area contributed by atoms with Crippen molar-refractivity contribution >= 4 is 23.1 Å². The number of ether oxygens (including phenoxy) is 1. The first kappa shape index (κ1) is 13.8. The number of hydrogen-bond acceptors (Lipinski definition) is 4. The van der Waals surface area contributed by atoms with Crippen LogP contribution in [0.5, 0.6) is 11.5 Å². The number of amidine groups is 1. The van der Waals surface area contributed by atoms with Crippen molar-refractivity contribution in [3.8, 4) is 11.5 Å². The highest BCUT2D eigenvalue weighted by molar-refractivity contribution is 6.30. The quantitative estimate of drug-likeness (QED) is 0.390. The van der Waals surface area contributed by atoms with Crippen LogP contribution in [-0.4, -0.2) is 10.8 Å². The van der Waals surface area contributed by atoms with Gasteiger partial charge in [0.2, 0.25) is 5.75 Å². The minimum atomic E-state index is -0.546. The average Bonchev–Trinajstić information content (AvgIpc) is 2.39. The fraction of sp³-hybridized carbons (Fsp3) is 0. The van der Waals surface area contributed by atoms with Gasteiger partial charge in [-0.05, 0) is 30.3 Å². The number of nitrogen functional groups attached to an aromatic ring is 1. The molecule has 0 saturated heterocycles. The van der Waals surface area contributed by atoms with E-state index >= 15 is 0 Å². The molecule has 0 radical (unpaired) electrons. The van der Waals surface area contributed by atoms with Gasteiger partial charge in [0.05, 0.1) is 4.92 Å². The number of nitrogens with one attached hydrogen (secondary N) is 1. The van der Waals surface area contributed by atoms with E-state index in [1.165, 1.54) is 18.2 Å². The zero-order valence-corrected chi connectivity index (χ0v) is 10.9. The number of benzene rings is 2. The molecule has 0 heterocycles. The number of hydrogen-bond donors (Lipinski definition) is 2. The lowest BCUT2D eigenvalue weighted by Gasteiger charge is -2.07. The molecule has 0 aliphatic heterocycles. The van der Waals surface area contributed by atoms with Gasteiger partial charge in [-0.2, -0.15) is 0 Å². The smallest absolute Gasteiger partial charge is 0.311 e. The molecule has 0 fully saturated rings. The zero-order valence-electron chi connectivity index (χ0n) is 10.2. The van der Waals surface area contributed by atoms with Gasteiger partial charge in [-0.3, -0.25) is 15.5 Å². The van der Waals surface area contributed by atoms with Gasteiger partial charge in [-0.25, -0.2) is 0 Å². The van der Waals surface area contributed by atoms with Crippen LogP contribution < -0.4 is 10.5 Å². The number of nitrogens with two attached hydrogens (primary N) is 1. The molecule has 20 heavy (non-hydrogen) atoms. The second kappa shape index (κ2) is 5.58. The molecule has 0 bridgehead atoms. The summed E-state index contributed by atoms with van der Waals surface area (Å²) in [6.07, 6.45) is 0. The molecule has 0 atom stereocenters. The summed E-state index contributed by atoms with van der Waals surface area (Å²) in [5, 5.41) is 18.5. The second-order valence-corrected chi connectivity index (χ2v) is 4.35. The molecule has 102 valence electrons. The maximum Gasteiger partial charge on any atom is 0.311 e. The lowest BCUT2D eigenvalue weighted by atomic mass is 10.2. The fourth-order valence-corrected chi connectivity index (χ4v) is 1.71. The highest BCUT2D eigenvalue weighted by Gasteiger charge is 2.16. The molecule has 0 aliphatic carbocycles. The first-order valence-electron chi connectivity index (χ1n) is 5.53. The maximum absolute atomic E-state index is 10.9. The van der Waals surface area contributed by atoms with Crippen molar-refractivity contribution in [3.63, 3.8) is 0 Å². The van der Waals surface area contributed by atoms with Gasteiger partial charge in [-0.15, -0.1) is 0 Å². The first-order chi connectivity index (χ1) is 9.47. The van der Waals surface area contributed by atoms with Crippen LogP contribution in [0, 0.1) is 15.5 Å². The largest absolute Gasteiger partial charge is 0.450 e. The summed E-state index contributed by atoms with van der Waals surface area (Å²) in [6.45, 7) is 0. The van der Waals surface area contributed by atoms with Crippen LogP contribution in [0.25, 0.3) is 0 Å². The Labute approximate surface area is 119 Å². The Morgan fingerprint density at radius 2 is 1.90 bits per heavy atom. The Morgan fingerprint density at radius 1 is 1.25 bits per heavy atom. The molecule has 2 aromatic carbocycles. The third-order valence-corrected chi connectivity index (χ3v) is 2.75. The summed E-state index contributed by atoms with van der Waals surface area (Å²) in [5.41, 5.74) is 5.70. The predicted octanol–water partition coefficient (Wildman–Crippen LogP) is 3.32. The molecule has 7 heteroatoms. The second-order valence-electron chi connectivity index (χ2n) is 3.91. The minimum Gasteiger partial charge on any atom is -0.450 e. The minimum absolute atomic E-state index is 0.0538. The number of halogens is 1. The lowest BCUT2D eigenvalue weighted by Crippen LogP contribution is -2.10. The normalized spacial score (nSPS) is 10.1. The number of nitro groups is 1. The zero-order chi connectivity index (χ0) is 14.7. The molecular formula is C13H10ClN3O3. The van der Waals surface area contributed by atoms with Crippen LogP contribution in [0.4, 0.5) is 5.69 Å². The van der Waals surface area contributed by atoms with Crippen molar-refractivity contribution in [3.05, 3.63) is 63.2 Å². The molecular weight excluding hydrogens is 282 g/mol. The van der Waals surface area contributed by atoms with Crippen LogP contribution >= 0.6 is 11.6 Å². The van der Waals surface area contributed by atoms with E-state index in [0.29, 0.717) is 16.3 Å². The Hall–Kier alpha value is -2.60. The van der Waals surface area contributed by atoms with Crippen molar-refractivity contribution in [1.29, 1.82) is 5.41 Å². The van der Waals surface area contributed by atoms with Crippen molar-refractivity contribution in [1.82, 2.24) is 0 Å². The SMILES string of the molecule is N=C(N)c1ccc(Oc2cc(Cl)ccc2[N+](=O)[O-])cc1. The number of nitro benzene ring substituents is 1. The van der Waals surface area contributed by atoms with E-state index in [2.05, 4.69) is 0 Å². The molecule has 0 aliphatic rings. The summed E-state index contributed by atoms with van der Waals surface area (Å²) < 4.78 is 5.45. The lowest BCUT2D eigenvalue weighted by molar-refractivity contribution is -0.385. The standard InChI is InChI=1S/C13H10ClN3O3/c14-9-3-6-11(17(18)19)12(7-9)20-10-4-1-8(2-5-10)13(15)16/h1-7H,(H3,15,16). The molecule has 6 nitrogen and oxygen atoms in total. The molecule has 3 N–H and O–H groups in total. The summed E-state index contributed by atoms with van der Waals surface area (Å²) in [5.74, 6) is 0.378. The van der Waals surface area contributed by atoms with E-state index in [-0.39, 0.29) is 17.3 Å². The summed E-state index contributed by atoms with van der Waals surface area (Å²) in [7, 11) is 0. The topological polar surface area (TPSA) is 102 Å². The van der Waals surface area contributed by atoms with Gasteiger partial charge in [0, 0.05) is 22.7 Å². The molecule has 2 aromatic rings. The summed E-state index contributed by atoms with van der Waals surface area (Å²) in [6, 6.07) is 10.4.